The molecular formula is C19H20ClN3O2. The quantitative estimate of drug-likeness (QED) is 0.739. The predicted octanol–water partition coefficient (Wildman–Crippen LogP) is 3.60. The van der Waals surface area contributed by atoms with E-state index in [9.17, 15) is 9.59 Å². The Morgan fingerprint density at radius 1 is 1.08 bits per heavy atom. The van der Waals surface area contributed by atoms with E-state index in [-0.39, 0.29) is 18.0 Å². The summed E-state index contributed by atoms with van der Waals surface area (Å²) in [5.74, 6) is -0.208. The second-order valence-corrected chi connectivity index (χ2v) is 6.47. The summed E-state index contributed by atoms with van der Waals surface area (Å²) in [5, 5.41) is 8.79. The molecule has 2 aromatic carbocycles. The number of nitrogens with one attached hydrogen (secondary N) is 3. The van der Waals surface area contributed by atoms with Gasteiger partial charge in [-0.1, -0.05) is 41.9 Å². The maximum absolute atomic E-state index is 12.2. The molecule has 0 heterocycles. The summed E-state index contributed by atoms with van der Waals surface area (Å²) >= 11 is 6.09. The van der Waals surface area contributed by atoms with Crippen molar-refractivity contribution in [3.8, 4) is 0 Å². The fourth-order valence-corrected chi connectivity index (χ4v) is 2.61. The highest BCUT2D eigenvalue weighted by Crippen LogP contribution is 2.23. The van der Waals surface area contributed by atoms with Gasteiger partial charge in [0.1, 0.15) is 0 Å². The Hall–Kier alpha value is -2.53. The molecule has 0 aromatic heterocycles. The van der Waals surface area contributed by atoms with Crippen molar-refractivity contribution in [3.05, 3.63) is 64.7 Å². The van der Waals surface area contributed by atoms with E-state index in [2.05, 4.69) is 16.0 Å². The van der Waals surface area contributed by atoms with Gasteiger partial charge >= 0.3 is 6.03 Å². The van der Waals surface area contributed by atoms with Crippen LogP contribution in [0, 0.1) is 0 Å². The molecule has 0 aliphatic heterocycles. The van der Waals surface area contributed by atoms with Crippen LogP contribution in [-0.4, -0.2) is 24.5 Å². The van der Waals surface area contributed by atoms with E-state index in [1.54, 1.807) is 18.2 Å². The standard InChI is InChI=1S/C19H20ClN3O2/c20-17-9-8-15(12-16(17)18(24)22-14-6-7-14)23-19(25)21-11-10-13-4-2-1-3-5-13/h1-5,8-9,12,14H,6-7,10-11H2,(H,22,24)(H2,21,23,25). The first-order chi connectivity index (χ1) is 12.1. The second-order valence-electron chi connectivity index (χ2n) is 6.06. The lowest BCUT2D eigenvalue weighted by Gasteiger charge is -2.10. The molecule has 1 aliphatic rings. The largest absolute Gasteiger partial charge is 0.349 e. The number of urea groups is 1. The second kappa shape index (κ2) is 8.03. The van der Waals surface area contributed by atoms with Gasteiger partial charge in [0.05, 0.1) is 10.6 Å². The van der Waals surface area contributed by atoms with Crippen LogP contribution in [0.1, 0.15) is 28.8 Å². The SMILES string of the molecule is O=C(NCCc1ccccc1)Nc1ccc(Cl)c(C(=O)NC2CC2)c1. The zero-order chi connectivity index (χ0) is 17.6. The molecule has 1 fully saturated rings. The Balaban J connectivity index is 1.52. The van der Waals surface area contributed by atoms with Gasteiger partial charge in [0.2, 0.25) is 0 Å². The van der Waals surface area contributed by atoms with Gasteiger partial charge in [-0.25, -0.2) is 4.79 Å². The molecule has 0 radical (unpaired) electrons. The number of amides is 3. The number of carbonyl (C=O) groups is 2. The van der Waals surface area contributed by atoms with E-state index in [4.69, 9.17) is 11.6 Å². The normalized spacial score (nSPS) is 13.2. The minimum absolute atomic E-state index is 0.208. The van der Waals surface area contributed by atoms with E-state index in [1.165, 1.54) is 0 Å². The van der Waals surface area contributed by atoms with Gasteiger partial charge < -0.3 is 16.0 Å². The van der Waals surface area contributed by atoms with Gasteiger partial charge in [-0.15, -0.1) is 0 Å². The van der Waals surface area contributed by atoms with Gasteiger partial charge in [-0.05, 0) is 43.0 Å². The zero-order valence-electron chi connectivity index (χ0n) is 13.7. The molecule has 0 atom stereocenters. The summed E-state index contributed by atoms with van der Waals surface area (Å²) in [6.45, 7) is 0.526. The van der Waals surface area contributed by atoms with Crippen molar-refractivity contribution < 1.29 is 9.59 Å². The van der Waals surface area contributed by atoms with E-state index in [0.717, 1.165) is 24.8 Å². The smallest absolute Gasteiger partial charge is 0.319 e. The molecule has 2 aromatic rings. The first-order valence-electron chi connectivity index (χ1n) is 8.31. The fraction of sp³-hybridized carbons (Fsp3) is 0.263. The molecule has 3 N–H and O–H groups in total. The van der Waals surface area contributed by atoms with Crippen molar-refractivity contribution in [2.45, 2.75) is 25.3 Å². The Kier molecular flexibility index (Phi) is 5.56. The summed E-state index contributed by atoms with van der Waals surface area (Å²) in [5.41, 5.74) is 2.06. The van der Waals surface area contributed by atoms with Gasteiger partial charge in [0, 0.05) is 18.3 Å². The average Bonchev–Trinajstić information content (AvgIpc) is 3.41. The molecule has 5 nitrogen and oxygen atoms in total. The summed E-state index contributed by atoms with van der Waals surface area (Å²) in [6.07, 6.45) is 2.76. The van der Waals surface area contributed by atoms with Crippen LogP contribution in [0.25, 0.3) is 0 Å². The monoisotopic (exact) mass is 357 g/mol. The minimum Gasteiger partial charge on any atom is -0.349 e. The number of hydrogen-bond donors (Lipinski definition) is 3. The van der Waals surface area contributed by atoms with Crippen molar-refractivity contribution in [2.75, 3.05) is 11.9 Å². The van der Waals surface area contributed by atoms with Crippen molar-refractivity contribution >= 4 is 29.2 Å². The third-order valence-corrected chi connectivity index (χ3v) is 4.25. The van der Waals surface area contributed by atoms with Crippen LogP contribution in [0.4, 0.5) is 10.5 Å². The highest BCUT2D eigenvalue weighted by atomic mass is 35.5. The van der Waals surface area contributed by atoms with E-state index in [1.807, 2.05) is 30.3 Å². The molecule has 3 rings (SSSR count). The third-order valence-electron chi connectivity index (χ3n) is 3.92. The number of benzene rings is 2. The van der Waals surface area contributed by atoms with Crippen molar-refractivity contribution in [1.82, 2.24) is 10.6 Å². The molecule has 3 amide bonds. The fourth-order valence-electron chi connectivity index (χ4n) is 2.41. The zero-order valence-corrected chi connectivity index (χ0v) is 14.5. The molecule has 130 valence electrons. The highest BCUT2D eigenvalue weighted by molar-refractivity contribution is 6.34. The lowest BCUT2D eigenvalue weighted by molar-refractivity contribution is 0.0951. The average molecular weight is 358 g/mol. The molecule has 1 saturated carbocycles. The molecule has 0 spiro atoms. The summed E-state index contributed by atoms with van der Waals surface area (Å²) in [7, 11) is 0. The molecule has 0 bridgehead atoms. The summed E-state index contributed by atoms with van der Waals surface area (Å²) in [4.78, 5) is 24.2. The van der Waals surface area contributed by atoms with Crippen molar-refractivity contribution in [1.29, 1.82) is 0 Å². The topological polar surface area (TPSA) is 70.2 Å². The molecule has 6 heteroatoms. The van der Waals surface area contributed by atoms with Crippen LogP contribution in [0.2, 0.25) is 5.02 Å². The van der Waals surface area contributed by atoms with E-state index >= 15 is 0 Å². The molecule has 25 heavy (non-hydrogen) atoms. The lowest BCUT2D eigenvalue weighted by atomic mass is 10.1. The third kappa shape index (κ3) is 5.22. The van der Waals surface area contributed by atoms with Crippen molar-refractivity contribution in [2.24, 2.45) is 0 Å². The van der Waals surface area contributed by atoms with E-state index < -0.39 is 0 Å². The van der Waals surface area contributed by atoms with Gasteiger partial charge in [-0.2, -0.15) is 0 Å². The lowest BCUT2D eigenvalue weighted by Crippen LogP contribution is -2.30. The Labute approximate surface area is 151 Å². The van der Waals surface area contributed by atoms with Gasteiger partial charge in [-0.3, -0.25) is 4.79 Å². The molecule has 0 saturated heterocycles. The molecule has 0 unspecified atom stereocenters. The maximum Gasteiger partial charge on any atom is 0.319 e. The predicted molar refractivity (Wildman–Crippen MR) is 99.1 cm³/mol. The number of hydrogen-bond acceptors (Lipinski definition) is 2. The van der Waals surface area contributed by atoms with Crippen LogP contribution < -0.4 is 16.0 Å². The Morgan fingerprint density at radius 3 is 2.56 bits per heavy atom. The number of halogens is 1. The van der Waals surface area contributed by atoms with Crippen LogP contribution >= 0.6 is 11.6 Å². The summed E-state index contributed by atoms with van der Waals surface area (Å²) < 4.78 is 0. The van der Waals surface area contributed by atoms with E-state index in [0.29, 0.717) is 22.8 Å². The number of carbonyl (C=O) groups excluding carboxylic acids is 2. The Morgan fingerprint density at radius 2 is 1.84 bits per heavy atom. The Bertz CT molecular complexity index is 761. The highest BCUT2D eigenvalue weighted by Gasteiger charge is 2.24. The molecular weight excluding hydrogens is 338 g/mol. The van der Waals surface area contributed by atoms with Crippen LogP contribution in [0.3, 0.4) is 0 Å². The molecule has 1 aliphatic carbocycles. The minimum atomic E-state index is -0.313. The number of rotatable bonds is 6. The van der Waals surface area contributed by atoms with Crippen LogP contribution in [0.5, 0.6) is 0 Å². The van der Waals surface area contributed by atoms with Gasteiger partial charge in [0.25, 0.3) is 5.91 Å². The number of anilines is 1. The first-order valence-corrected chi connectivity index (χ1v) is 8.69. The van der Waals surface area contributed by atoms with Crippen molar-refractivity contribution in [3.63, 3.8) is 0 Å². The summed E-state index contributed by atoms with van der Waals surface area (Å²) in [6, 6.07) is 14.8. The van der Waals surface area contributed by atoms with Crippen LogP contribution in [0.15, 0.2) is 48.5 Å². The maximum atomic E-state index is 12.2. The van der Waals surface area contributed by atoms with Crippen LogP contribution in [-0.2, 0) is 6.42 Å². The van der Waals surface area contributed by atoms with Gasteiger partial charge in [0.15, 0.2) is 0 Å². The first kappa shape index (κ1) is 17.3.